The maximum Gasteiger partial charge on any atom is 0.377 e. The summed E-state index contributed by atoms with van der Waals surface area (Å²) in [6.45, 7) is 0. The van der Waals surface area contributed by atoms with Crippen LogP contribution in [0.1, 0.15) is 11.1 Å². The highest BCUT2D eigenvalue weighted by Crippen LogP contribution is 2.22. The number of halogens is 2. The summed E-state index contributed by atoms with van der Waals surface area (Å²) in [6, 6.07) is 14.2. The van der Waals surface area contributed by atoms with Crippen LogP contribution in [0.15, 0.2) is 57.5 Å². The van der Waals surface area contributed by atoms with Gasteiger partial charge in [0.15, 0.2) is 0 Å². The molecule has 0 aromatic heterocycles. The lowest BCUT2D eigenvalue weighted by Gasteiger charge is -2.05. The van der Waals surface area contributed by atoms with Crippen LogP contribution in [0, 0.1) is 0 Å². The molecule has 2 aromatic carbocycles. The first-order valence-corrected chi connectivity index (χ1v) is 7.57. The van der Waals surface area contributed by atoms with Gasteiger partial charge in [0.05, 0.1) is 0 Å². The van der Waals surface area contributed by atoms with Crippen molar-refractivity contribution in [3.05, 3.63) is 68.6 Å². The third-order valence-corrected chi connectivity index (χ3v) is 3.83. The van der Waals surface area contributed by atoms with Crippen LogP contribution < -0.4 is 0 Å². The summed E-state index contributed by atoms with van der Waals surface area (Å²) in [5.74, 6) is -2.40. The van der Waals surface area contributed by atoms with Gasteiger partial charge in [0, 0.05) is 14.5 Å². The molecular formula is C16H10Br2O3. The van der Waals surface area contributed by atoms with Crippen molar-refractivity contribution in [1.82, 2.24) is 0 Å². The number of carboxylic acids is 1. The van der Waals surface area contributed by atoms with Gasteiger partial charge in [-0.05, 0) is 41.5 Å². The maximum absolute atomic E-state index is 11.9. The highest BCUT2D eigenvalue weighted by molar-refractivity contribution is 9.10. The van der Waals surface area contributed by atoms with Crippen LogP contribution in [-0.2, 0) is 9.59 Å². The minimum atomic E-state index is -1.47. The lowest BCUT2D eigenvalue weighted by Crippen LogP contribution is -2.14. The van der Waals surface area contributed by atoms with Crippen molar-refractivity contribution < 1.29 is 14.7 Å². The van der Waals surface area contributed by atoms with Crippen molar-refractivity contribution in [3.8, 4) is 0 Å². The second-order valence-electron chi connectivity index (χ2n) is 4.25. The molecule has 0 saturated heterocycles. The van der Waals surface area contributed by atoms with Gasteiger partial charge in [-0.1, -0.05) is 56.1 Å². The van der Waals surface area contributed by atoms with E-state index < -0.39 is 11.8 Å². The Morgan fingerprint density at radius 3 is 1.81 bits per heavy atom. The lowest BCUT2D eigenvalue weighted by atomic mass is 9.99. The summed E-state index contributed by atoms with van der Waals surface area (Å²) in [5.41, 5.74) is 1.47. The van der Waals surface area contributed by atoms with E-state index in [0.29, 0.717) is 5.56 Å². The first-order valence-electron chi connectivity index (χ1n) is 5.98. The van der Waals surface area contributed by atoms with E-state index in [-0.39, 0.29) is 5.57 Å². The average Bonchev–Trinajstić information content (AvgIpc) is 2.47. The SMILES string of the molecule is O=C(O)C(=O)/C(=C\c1ccc(Br)cc1)c1ccc(Br)cc1. The molecule has 0 aliphatic heterocycles. The number of hydrogen-bond acceptors (Lipinski definition) is 2. The van der Waals surface area contributed by atoms with E-state index in [9.17, 15) is 9.59 Å². The quantitative estimate of drug-likeness (QED) is 0.462. The Hall–Kier alpha value is -1.72. The molecule has 3 nitrogen and oxygen atoms in total. The molecule has 0 aliphatic carbocycles. The zero-order chi connectivity index (χ0) is 15.4. The van der Waals surface area contributed by atoms with Crippen LogP contribution in [0.5, 0.6) is 0 Å². The van der Waals surface area contributed by atoms with Crippen molar-refractivity contribution in [3.63, 3.8) is 0 Å². The summed E-state index contributed by atoms with van der Waals surface area (Å²) in [5, 5.41) is 8.98. The highest BCUT2D eigenvalue weighted by Gasteiger charge is 2.19. The third kappa shape index (κ3) is 4.12. The Balaban J connectivity index is 2.50. The molecule has 0 unspecified atom stereocenters. The normalized spacial score (nSPS) is 11.2. The zero-order valence-electron chi connectivity index (χ0n) is 10.7. The predicted octanol–water partition coefficient (Wildman–Crippen LogP) is 4.41. The number of carbonyl (C=O) groups excluding carboxylic acids is 1. The minimum Gasteiger partial charge on any atom is -0.475 e. The summed E-state index contributed by atoms with van der Waals surface area (Å²) in [7, 11) is 0. The Bertz CT molecular complexity index is 701. The number of benzene rings is 2. The molecular weight excluding hydrogens is 400 g/mol. The van der Waals surface area contributed by atoms with Crippen LogP contribution in [0.3, 0.4) is 0 Å². The van der Waals surface area contributed by atoms with E-state index in [4.69, 9.17) is 5.11 Å². The fourth-order valence-corrected chi connectivity index (χ4v) is 2.28. The molecule has 0 radical (unpaired) electrons. The van der Waals surface area contributed by atoms with Gasteiger partial charge in [-0.2, -0.15) is 0 Å². The average molecular weight is 410 g/mol. The fraction of sp³-hybridized carbons (Fsp3) is 0. The molecule has 2 rings (SSSR count). The Kier molecular flexibility index (Phi) is 5.09. The molecule has 0 fully saturated rings. The van der Waals surface area contributed by atoms with E-state index >= 15 is 0 Å². The molecule has 2 aromatic rings. The van der Waals surface area contributed by atoms with Gasteiger partial charge in [0.1, 0.15) is 0 Å². The van der Waals surface area contributed by atoms with Crippen LogP contribution >= 0.6 is 31.9 Å². The van der Waals surface area contributed by atoms with Crippen molar-refractivity contribution in [1.29, 1.82) is 0 Å². The van der Waals surface area contributed by atoms with Gasteiger partial charge in [-0.15, -0.1) is 0 Å². The molecule has 0 bridgehead atoms. The molecule has 0 amide bonds. The maximum atomic E-state index is 11.9. The van der Waals surface area contributed by atoms with E-state index in [1.807, 2.05) is 12.1 Å². The van der Waals surface area contributed by atoms with Gasteiger partial charge in [0.25, 0.3) is 5.78 Å². The van der Waals surface area contributed by atoms with Gasteiger partial charge in [0.2, 0.25) is 0 Å². The van der Waals surface area contributed by atoms with Crippen LogP contribution in [0.4, 0.5) is 0 Å². The third-order valence-electron chi connectivity index (χ3n) is 2.78. The molecule has 1 N–H and O–H groups in total. The fourth-order valence-electron chi connectivity index (χ4n) is 1.75. The highest BCUT2D eigenvalue weighted by atomic mass is 79.9. The molecule has 0 saturated carbocycles. The van der Waals surface area contributed by atoms with E-state index in [1.165, 1.54) is 0 Å². The van der Waals surface area contributed by atoms with E-state index in [1.54, 1.807) is 42.5 Å². The van der Waals surface area contributed by atoms with E-state index in [0.717, 1.165) is 14.5 Å². The number of rotatable bonds is 4. The smallest absolute Gasteiger partial charge is 0.377 e. The number of ketones is 1. The Morgan fingerprint density at radius 1 is 0.857 bits per heavy atom. The van der Waals surface area contributed by atoms with Crippen molar-refractivity contribution in [2.45, 2.75) is 0 Å². The second-order valence-corrected chi connectivity index (χ2v) is 6.08. The first kappa shape index (κ1) is 15.7. The molecule has 0 atom stereocenters. The van der Waals surface area contributed by atoms with Gasteiger partial charge in [-0.25, -0.2) is 4.79 Å². The summed E-state index contributed by atoms with van der Waals surface area (Å²) in [6.07, 6.45) is 1.58. The first-order chi connectivity index (χ1) is 9.97. The van der Waals surface area contributed by atoms with Crippen LogP contribution in [0.25, 0.3) is 11.6 Å². The van der Waals surface area contributed by atoms with Crippen molar-refractivity contribution >= 4 is 55.3 Å². The monoisotopic (exact) mass is 408 g/mol. The zero-order valence-corrected chi connectivity index (χ0v) is 13.9. The molecule has 0 spiro atoms. The van der Waals surface area contributed by atoms with Crippen molar-refractivity contribution in [2.24, 2.45) is 0 Å². The Labute approximate surface area is 138 Å². The number of carbonyl (C=O) groups is 2. The Morgan fingerprint density at radius 2 is 1.33 bits per heavy atom. The number of Topliss-reactive ketones (excluding diaryl/α,β-unsaturated/α-hetero) is 1. The number of aliphatic carboxylic acids is 1. The van der Waals surface area contributed by atoms with Gasteiger partial charge < -0.3 is 5.11 Å². The molecule has 5 heteroatoms. The predicted molar refractivity (Wildman–Crippen MR) is 88.8 cm³/mol. The molecule has 0 heterocycles. The van der Waals surface area contributed by atoms with Gasteiger partial charge >= 0.3 is 5.97 Å². The lowest BCUT2D eigenvalue weighted by molar-refractivity contribution is -0.146. The van der Waals surface area contributed by atoms with E-state index in [2.05, 4.69) is 31.9 Å². The van der Waals surface area contributed by atoms with Gasteiger partial charge in [-0.3, -0.25) is 4.79 Å². The largest absolute Gasteiger partial charge is 0.475 e. The second kappa shape index (κ2) is 6.83. The standard InChI is InChI=1S/C16H10Br2O3/c17-12-5-1-10(2-6-12)9-14(15(19)16(20)21)11-3-7-13(18)8-4-11/h1-9H,(H,20,21)/b14-9-. The summed E-state index contributed by atoms with van der Waals surface area (Å²) >= 11 is 6.64. The molecule has 0 aliphatic rings. The van der Waals surface area contributed by atoms with Crippen molar-refractivity contribution in [2.75, 3.05) is 0 Å². The van der Waals surface area contributed by atoms with Crippen LogP contribution in [-0.4, -0.2) is 16.9 Å². The molecule has 106 valence electrons. The minimum absolute atomic E-state index is 0.150. The molecule has 21 heavy (non-hydrogen) atoms. The number of hydrogen-bond donors (Lipinski definition) is 1. The summed E-state index contributed by atoms with van der Waals surface area (Å²) in [4.78, 5) is 22.9. The number of carboxylic acid groups (broad SMARTS) is 1. The van der Waals surface area contributed by atoms with Crippen LogP contribution in [0.2, 0.25) is 0 Å². The summed E-state index contributed by atoms with van der Waals surface area (Å²) < 4.78 is 1.77. The topological polar surface area (TPSA) is 54.4 Å².